The average molecular weight is 564 g/mol. The highest BCUT2D eigenvalue weighted by atomic mass is 32.1. The number of alkyl halides is 3. The number of rotatable bonds is 11. The molecule has 10 nitrogen and oxygen atoms in total. The van der Waals surface area contributed by atoms with Crippen molar-refractivity contribution >= 4 is 34.8 Å². The second-order valence-electron chi connectivity index (χ2n) is 10.4. The molecule has 3 heterocycles. The number of anilines is 2. The first-order chi connectivity index (χ1) is 18.8. The van der Waals surface area contributed by atoms with Gasteiger partial charge in [0.2, 0.25) is 11.8 Å². The molecule has 1 amide bonds. The lowest BCUT2D eigenvalue weighted by molar-refractivity contribution is -0.119. The van der Waals surface area contributed by atoms with E-state index in [-0.39, 0.29) is 48.4 Å². The van der Waals surface area contributed by atoms with Gasteiger partial charge >= 0.3 is 6.61 Å². The number of carbonyl (C=O) groups excluding carboxylic acids is 2. The Kier molecular flexibility index (Phi) is 6.81. The standard InChI is InChI=1S/C25H28F3N7O3S/c1-34-20(9-21(33-34)38-24(27)28)31-25-32-30-11-35(25)14-4-5-18-15(7-14)22(23(37)29-10-13-6-16(13)26)19(39-18)8-17(36)12-2-3-12/h9,11-14,16,24H,2-8,10H2,1H3,(H,29,37)(H,31,32)/t13-,14+,16+/m1/s1. The van der Waals surface area contributed by atoms with Crippen molar-refractivity contribution in [3.05, 3.63) is 33.3 Å². The molecule has 3 atom stereocenters. The van der Waals surface area contributed by atoms with Crippen molar-refractivity contribution in [2.45, 2.75) is 63.8 Å². The molecule has 3 aromatic rings. The quantitative estimate of drug-likeness (QED) is 0.365. The summed E-state index contributed by atoms with van der Waals surface area (Å²) < 4.78 is 46.2. The molecule has 14 heteroatoms. The van der Waals surface area contributed by atoms with Crippen LogP contribution in [0, 0.1) is 11.8 Å². The Morgan fingerprint density at radius 2 is 2.08 bits per heavy atom. The van der Waals surface area contributed by atoms with Crippen molar-refractivity contribution in [1.29, 1.82) is 0 Å². The van der Waals surface area contributed by atoms with Gasteiger partial charge in [-0.3, -0.25) is 14.2 Å². The third-order valence-corrected chi connectivity index (χ3v) is 8.83. The van der Waals surface area contributed by atoms with E-state index >= 15 is 0 Å². The largest absolute Gasteiger partial charge is 0.415 e. The number of fused-ring (bicyclic) bond motifs is 1. The number of ether oxygens (including phenoxy) is 1. The normalized spacial score (nSPS) is 22.0. The van der Waals surface area contributed by atoms with E-state index in [0.29, 0.717) is 36.6 Å². The summed E-state index contributed by atoms with van der Waals surface area (Å²) >= 11 is 1.53. The lowest BCUT2D eigenvalue weighted by atomic mass is 9.90. The Bertz CT molecular complexity index is 1400. The van der Waals surface area contributed by atoms with Gasteiger partial charge in [-0.2, -0.15) is 8.78 Å². The molecule has 3 aliphatic rings. The fraction of sp³-hybridized carbons (Fsp3) is 0.560. The van der Waals surface area contributed by atoms with Crippen LogP contribution >= 0.6 is 11.3 Å². The predicted octanol–water partition coefficient (Wildman–Crippen LogP) is 3.76. The molecule has 0 aromatic carbocycles. The van der Waals surface area contributed by atoms with Crippen molar-refractivity contribution < 1.29 is 27.5 Å². The molecule has 2 saturated carbocycles. The number of nitrogens with zero attached hydrogens (tertiary/aromatic N) is 5. The maximum Gasteiger partial charge on any atom is 0.388 e. The van der Waals surface area contributed by atoms with E-state index < -0.39 is 12.8 Å². The van der Waals surface area contributed by atoms with Crippen LogP contribution in [-0.4, -0.2) is 55.6 Å². The van der Waals surface area contributed by atoms with Crippen LogP contribution in [0.25, 0.3) is 0 Å². The van der Waals surface area contributed by atoms with Crippen LogP contribution < -0.4 is 15.4 Å². The van der Waals surface area contributed by atoms with Gasteiger partial charge in [0.05, 0.1) is 5.56 Å². The van der Waals surface area contributed by atoms with Crippen molar-refractivity contribution in [2.24, 2.45) is 18.9 Å². The summed E-state index contributed by atoms with van der Waals surface area (Å²) in [7, 11) is 1.59. The topological polar surface area (TPSA) is 116 Å². The Hall–Kier alpha value is -3.42. The first-order valence-electron chi connectivity index (χ1n) is 13.0. The molecule has 0 aliphatic heterocycles. The second kappa shape index (κ2) is 10.3. The van der Waals surface area contributed by atoms with E-state index in [4.69, 9.17) is 0 Å². The van der Waals surface area contributed by atoms with Crippen molar-refractivity contribution in [3.63, 3.8) is 0 Å². The zero-order valence-corrected chi connectivity index (χ0v) is 22.0. The molecule has 208 valence electrons. The highest BCUT2D eigenvalue weighted by Crippen LogP contribution is 2.41. The highest BCUT2D eigenvalue weighted by Gasteiger charge is 2.38. The molecule has 0 spiro atoms. The number of amides is 1. The number of aryl methyl sites for hydroxylation is 2. The van der Waals surface area contributed by atoms with E-state index in [9.17, 15) is 22.8 Å². The van der Waals surface area contributed by atoms with Crippen LogP contribution in [0.15, 0.2) is 12.4 Å². The summed E-state index contributed by atoms with van der Waals surface area (Å²) in [6.45, 7) is -2.71. The van der Waals surface area contributed by atoms with Gasteiger partial charge in [-0.1, -0.05) is 0 Å². The predicted molar refractivity (Wildman–Crippen MR) is 135 cm³/mol. The number of carbonyl (C=O) groups is 2. The summed E-state index contributed by atoms with van der Waals surface area (Å²) in [5.41, 5.74) is 1.46. The van der Waals surface area contributed by atoms with Gasteiger partial charge in [-0.05, 0) is 44.1 Å². The van der Waals surface area contributed by atoms with Gasteiger partial charge in [-0.15, -0.1) is 26.6 Å². The van der Waals surface area contributed by atoms with Crippen LogP contribution in [0.5, 0.6) is 5.88 Å². The number of hydrogen-bond donors (Lipinski definition) is 2. The molecule has 0 radical (unpaired) electrons. The van der Waals surface area contributed by atoms with Gasteiger partial charge in [0.25, 0.3) is 5.91 Å². The average Bonchev–Trinajstić information content (AvgIpc) is 3.74. The first kappa shape index (κ1) is 25.8. The summed E-state index contributed by atoms with van der Waals surface area (Å²) in [4.78, 5) is 27.9. The van der Waals surface area contributed by atoms with Gasteiger partial charge in [-0.25, -0.2) is 9.07 Å². The SMILES string of the molecule is Cn1nc(OC(F)F)cc1Nc1nncn1[C@H]1CCc2sc(CC(=O)C3CC3)c(C(=O)NC[C@H]3C[C@@H]3F)c2C1. The van der Waals surface area contributed by atoms with Crippen LogP contribution in [0.3, 0.4) is 0 Å². The maximum atomic E-state index is 13.4. The van der Waals surface area contributed by atoms with Gasteiger partial charge < -0.3 is 15.4 Å². The van der Waals surface area contributed by atoms with E-state index in [2.05, 4.69) is 30.7 Å². The molecule has 6 rings (SSSR count). The Balaban J connectivity index is 1.24. The van der Waals surface area contributed by atoms with Crippen LogP contribution in [0.1, 0.15) is 57.4 Å². The number of ketones is 1. The minimum atomic E-state index is -2.99. The van der Waals surface area contributed by atoms with Crippen molar-refractivity contribution in [1.82, 2.24) is 29.9 Å². The number of aromatic nitrogens is 5. The molecule has 0 saturated heterocycles. The van der Waals surface area contributed by atoms with Crippen LogP contribution in [-0.2, 0) is 31.1 Å². The van der Waals surface area contributed by atoms with Crippen molar-refractivity contribution in [3.8, 4) is 5.88 Å². The fourth-order valence-corrected chi connectivity index (χ4v) is 6.47. The lowest BCUT2D eigenvalue weighted by Crippen LogP contribution is -2.29. The first-order valence-corrected chi connectivity index (χ1v) is 13.8. The third-order valence-electron chi connectivity index (χ3n) is 7.54. The fourth-order valence-electron chi connectivity index (χ4n) is 5.11. The maximum absolute atomic E-state index is 13.4. The monoisotopic (exact) mass is 563 g/mol. The van der Waals surface area contributed by atoms with Crippen molar-refractivity contribution in [2.75, 3.05) is 11.9 Å². The smallest absolute Gasteiger partial charge is 0.388 e. The van der Waals surface area contributed by atoms with Crippen LogP contribution in [0.2, 0.25) is 0 Å². The lowest BCUT2D eigenvalue weighted by Gasteiger charge is -2.25. The number of nitrogens with one attached hydrogen (secondary N) is 2. The number of Topliss-reactive ketones (excluding diaryl/α,β-unsaturated/α-hetero) is 1. The molecular weight excluding hydrogens is 535 g/mol. The Morgan fingerprint density at radius 3 is 2.79 bits per heavy atom. The van der Waals surface area contributed by atoms with E-state index in [0.717, 1.165) is 34.6 Å². The number of halogens is 3. The summed E-state index contributed by atoms with van der Waals surface area (Å²) in [5, 5.41) is 18.1. The number of hydrogen-bond acceptors (Lipinski definition) is 8. The zero-order valence-electron chi connectivity index (χ0n) is 21.2. The molecule has 0 unspecified atom stereocenters. The Morgan fingerprint density at radius 1 is 1.28 bits per heavy atom. The molecular formula is C25H28F3N7O3S. The second-order valence-corrected chi connectivity index (χ2v) is 11.6. The molecule has 2 fully saturated rings. The summed E-state index contributed by atoms with van der Waals surface area (Å²) in [5.74, 6) is 0.419. The summed E-state index contributed by atoms with van der Waals surface area (Å²) in [6.07, 6.45) is 5.25. The minimum Gasteiger partial charge on any atom is -0.415 e. The highest BCUT2D eigenvalue weighted by molar-refractivity contribution is 7.12. The van der Waals surface area contributed by atoms with Gasteiger partial charge in [0.15, 0.2) is 0 Å². The van der Waals surface area contributed by atoms with E-state index in [1.165, 1.54) is 22.1 Å². The van der Waals surface area contributed by atoms with Gasteiger partial charge in [0, 0.05) is 53.7 Å². The molecule has 39 heavy (non-hydrogen) atoms. The summed E-state index contributed by atoms with van der Waals surface area (Å²) in [6, 6.07) is 1.25. The third kappa shape index (κ3) is 5.52. The Labute approximate surface area is 225 Å². The van der Waals surface area contributed by atoms with E-state index in [1.807, 2.05) is 4.57 Å². The number of thiophene rings is 1. The minimum absolute atomic E-state index is 0.0909. The zero-order chi connectivity index (χ0) is 27.3. The van der Waals surface area contributed by atoms with Gasteiger partial charge in [0.1, 0.15) is 24.1 Å². The molecule has 3 aromatic heterocycles. The van der Waals surface area contributed by atoms with Crippen LogP contribution in [0.4, 0.5) is 24.9 Å². The molecule has 0 bridgehead atoms. The molecule has 2 N–H and O–H groups in total. The van der Waals surface area contributed by atoms with E-state index in [1.54, 1.807) is 13.4 Å². The molecule has 3 aliphatic carbocycles.